The Hall–Kier alpha value is -1.52. The van der Waals surface area contributed by atoms with Gasteiger partial charge in [-0.15, -0.1) is 11.8 Å². The molecular formula is C17H18FNOS. The highest BCUT2D eigenvalue weighted by Gasteiger charge is 2.22. The van der Waals surface area contributed by atoms with Crippen LogP contribution in [0.2, 0.25) is 0 Å². The smallest absolute Gasteiger partial charge is 0.131 e. The lowest BCUT2D eigenvalue weighted by Crippen LogP contribution is -2.14. The van der Waals surface area contributed by atoms with Crippen LogP contribution in [0.5, 0.6) is 5.75 Å². The van der Waals surface area contributed by atoms with E-state index in [-0.39, 0.29) is 11.9 Å². The lowest BCUT2D eigenvalue weighted by molar-refractivity contribution is 0.315. The van der Waals surface area contributed by atoms with Gasteiger partial charge in [-0.05, 0) is 31.0 Å². The first-order valence-corrected chi connectivity index (χ1v) is 7.94. The number of halogens is 1. The molecule has 0 spiro atoms. The molecule has 21 heavy (non-hydrogen) atoms. The van der Waals surface area contributed by atoms with Crippen LogP contribution in [0, 0.1) is 5.82 Å². The van der Waals surface area contributed by atoms with Gasteiger partial charge in [-0.1, -0.05) is 24.3 Å². The van der Waals surface area contributed by atoms with Crippen LogP contribution in [0.3, 0.4) is 0 Å². The number of hydrogen-bond acceptors (Lipinski definition) is 3. The van der Waals surface area contributed by atoms with Crippen molar-refractivity contribution in [2.75, 3.05) is 6.61 Å². The molecule has 2 aromatic carbocycles. The quantitative estimate of drug-likeness (QED) is 0.929. The van der Waals surface area contributed by atoms with Gasteiger partial charge in [0.15, 0.2) is 0 Å². The summed E-state index contributed by atoms with van der Waals surface area (Å²) in [4.78, 5) is 1.32. The van der Waals surface area contributed by atoms with Crippen LogP contribution < -0.4 is 10.5 Å². The number of rotatable bonds is 4. The molecule has 0 fully saturated rings. The minimum Gasteiger partial charge on any atom is -0.492 e. The molecular weight excluding hydrogens is 285 g/mol. The molecule has 2 nitrogen and oxygen atoms in total. The number of ether oxygens (including phenoxy) is 1. The van der Waals surface area contributed by atoms with E-state index in [0.29, 0.717) is 23.2 Å². The zero-order chi connectivity index (χ0) is 14.8. The highest BCUT2D eigenvalue weighted by atomic mass is 32.2. The maximum Gasteiger partial charge on any atom is 0.131 e. The molecule has 2 atom stereocenters. The second-order valence-electron chi connectivity index (χ2n) is 5.33. The van der Waals surface area contributed by atoms with Crippen LogP contribution in [0.4, 0.5) is 4.39 Å². The van der Waals surface area contributed by atoms with Crippen LogP contribution in [-0.2, 0) is 6.42 Å². The van der Waals surface area contributed by atoms with Crippen LogP contribution in [0.1, 0.15) is 24.1 Å². The molecule has 1 aliphatic rings. The molecule has 3 rings (SSSR count). The molecule has 0 saturated heterocycles. The molecule has 0 bridgehead atoms. The third-order valence-electron chi connectivity index (χ3n) is 3.61. The fourth-order valence-corrected chi connectivity index (χ4v) is 3.72. The molecule has 1 aliphatic heterocycles. The predicted octanol–water partition coefficient (Wildman–Crippen LogP) is 3.94. The molecule has 110 valence electrons. The number of hydrogen-bond donors (Lipinski definition) is 1. The summed E-state index contributed by atoms with van der Waals surface area (Å²) in [5, 5.41) is 0.388. The highest BCUT2D eigenvalue weighted by Crippen LogP contribution is 2.37. The number of thioether (sulfide) groups is 1. The van der Waals surface area contributed by atoms with Gasteiger partial charge in [0.2, 0.25) is 0 Å². The average molecular weight is 303 g/mol. The van der Waals surface area contributed by atoms with E-state index in [9.17, 15) is 4.39 Å². The molecule has 2 aromatic rings. The van der Waals surface area contributed by atoms with E-state index in [1.54, 1.807) is 19.1 Å². The van der Waals surface area contributed by atoms with E-state index in [1.165, 1.54) is 16.5 Å². The Morgan fingerprint density at radius 3 is 2.86 bits per heavy atom. The fourth-order valence-electron chi connectivity index (χ4n) is 2.50. The van der Waals surface area contributed by atoms with Crippen molar-refractivity contribution in [3.63, 3.8) is 0 Å². The van der Waals surface area contributed by atoms with Gasteiger partial charge in [-0.2, -0.15) is 0 Å². The summed E-state index contributed by atoms with van der Waals surface area (Å²) in [5.74, 6) is 0.262. The van der Waals surface area contributed by atoms with Crippen molar-refractivity contribution in [2.45, 2.75) is 29.5 Å². The van der Waals surface area contributed by atoms with Crippen molar-refractivity contribution >= 4 is 11.8 Å². The first kappa shape index (κ1) is 14.4. The molecule has 1 unspecified atom stereocenters. The molecule has 0 amide bonds. The topological polar surface area (TPSA) is 35.2 Å². The maximum atomic E-state index is 13.9. The van der Waals surface area contributed by atoms with Gasteiger partial charge in [-0.25, -0.2) is 4.39 Å². The van der Waals surface area contributed by atoms with E-state index < -0.39 is 0 Å². The second kappa shape index (κ2) is 6.08. The van der Waals surface area contributed by atoms with Crippen molar-refractivity contribution in [1.29, 1.82) is 0 Å². The minimum atomic E-state index is -0.307. The van der Waals surface area contributed by atoms with Crippen molar-refractivity contribution < 1.29 is 9.13 Å². The summed E-state index contributed by atoms with van der Waals surface area (Å²) >= 11 is 1.83. The minimum absolute atomic E-state index is 0.301. The molecule has 2 N–H and O–H groups in total. The lowest BCUT2D eigenvalue weighted by Gasteiger charge is -2.13. The summed E-state index contributed by atoms with van der Waals surface area (Å²) in [5.41, 5.74) is 7.59. The summed E-state index contributed by atoms with van der Waals surface area (Å²) in [6.45, 7) is 2.35. The van der Waals surface area contributed by atoms with E-state index >= 15 is 0 Å². The molecule has 1 heterocycles. The van der Waals surface area contributed by atoms with Gasteiger partial charge in [0.05, 0.1) is 0 Å². The van der Waals surface area contributed by atoms with E-state index in [2.05, 4.69) is 24.3 Å². The SMILES string of the molecule is C[C@H](N)c1ccc(OCC2Cc3ccccc3S2)cc1F. The standard InChI is InChI=1S/C17H18FNOS/c1-11(19)15-7-6-13(9-16(15)18)20-10-14-8-12-4-2-3-5-17(12)21-14/h2-7,9,11,14H,8,10,19H2,1H3/t11-,14?/m0/s1. The van der Waals surface area contributed by atoms with Crippen LogP contribution in [-0.4, -0.2) is 11.9 Å². The summed E-state index contributed by atoms with van der Waals surface area (Å²) in [6, 6.07) is 13.0. The van der Waals surface area contributed by atoms with E-state index in [0.717, 1.165) is 6.42 Å². The molecule has 0 aliphatic carbocycles. The average Bonchev–Trinajstić information content (AvgIpc) is 2.87. The highest BCUT2D eigenvalue weighted by molar-refractivity contribution is 8.00. The molecule has 0 saturated carbocycles. The van der Waals surface area contributed by atoms with Gasteiger partial charge in [-0.3, -0.25) is 0 Å². The Morgan fingerprint density at radius 2 is 2.14 bits per heavy atom. The zero-order valence-corrected chi connectivity index (χ0v) is 12.7. The number of nitrogens with two attached hydrogens (primary N) is 1. The molecule has 0 aromatic heterocycles. The monoisotopic (exact) mass is 303 g/mol. The summed E-state index contributed by atoms with van der Waals surface area (Å²) in [6.07, 6.45) is 1.00. The zero-order valence-electron chi connectivity index (χ0n) is 11.9. The van der Waals surface area contributed by atoms with Gasteiger partial charge < -0.3 is 10.5 Å². The van der Waals surface area contributed by atoms with Crippen LogP contribution in [0.15, 0.2) is 47.4 Å². The maximum absolute atomic E-state index is 13.9. The van der Waals surface area contributed by atoms with Crippen LogP contribution >= 0.6 is 11.8 Å². The predicted molar refractivity (Wildman–Crippen MR) is 84.3 cm³/mol. The number of fused-ring (bicyclic) bond motifs is 1. The Balaban J connectivity index is 1.61. The Labute approximate surface area is 128 Å². The first-order valence-electron chi connectivity index (χ1n) is 7.06. The largest absolute Gasteiger partial charge is 0.492 e. The van der Waals surface area contributed by atoms with Gasteiger partial charge in [0, 0.05) is 27.8 Å². The summed E-state index contributed by atoms with van der Waals surface area (Å²) in [7, 11) is 0. The fraction of sp³-hybridized carbons (Fsp3) is 0.294. The second-order valence-corrected chi connectivity index (χ2v) is 6.68. The van der Waals surface area contributed by atoms with E-state index in [4.69, 9.17) is 10.5 Å². The lowest BCUT2D eigenvalue weighted by atomic mass is 10.1. The van der Waals surface area contributed by atoms with Crippen molar-refractivity contribution in [3.05, 3.63) is 59.4 Å². The van der Waals surface area contributed by atoms with Gasteiger partial charge in [0.25, 0.3) is 0 Å². The Kier molecular flexibility index (Phi) is 4.17. The Bertz CT molecular complexity index is 619. The van der Waals surface area contributed by atoms with Crippen LogP contribution in [0.25, 0.3) is 0 Å². The number of benzene rings is 2. The summed E-state index contributed by atoms with van der Waals surface area (Å²) < 4.78 is 19.6. The third kappa shape index (κ3) is 3.22. The van der Waals surface area contributed by atoms with E-state index in [1.807, 2.05) is 11.8 Å². The molecule has 0 radical (unpaired) electrons. The van der Waals surface area contributed by atoms with Crippen molar-refractivity contribution in [2.24, 2.45) is 5.73 Å². The first-order chi connectivity index (χ1) is 10.1. The Morgan fingerprint density at radius 1 is 1.33 bits per heavy atom. The normalized spacial score (nSPS) is 18.3. The third-order valence-corrected chi connectivity index (χ3v) is 4.90. The molecule has 4 heteroatoms. The van der Waals surface area contributed by atoms with Crippen molar-refractivity contribution in [1.82, 2.24) is 0 Å². The van der Waals surface area contributed by atoms with Gasteiger partial charge in [0.1, 0.15) is 18.2 Å². The van der Waals surface area contributed by atoms with Crippen molar-refractivity contribution in [3.8, 4) is 5.75 Å². The van der Waals surface area contributed by atoms with Gasteiger partial charge >= 0.3 is 0 Å².